The average molecular weight is 228 g/mol. The van der Waals surface area contributed by atoms with E-state index in [1.807, 2.05) is 0 Å². The highest BCUT2D eigenvalue weighted by Gasteiger charge is 2.51. The van der Waals surface area contributed by atoms with Crippen LogP contribution in [-0.4, -0.2) is 41.8 Å². The Balaban J connectivity index is 2.17. The Hall–Kier alpha value is -0.910. The van der Waals surface area contributed by atoms with E-state index in [9.17, 15) is 9.90 Å². The summed E-state index contributed by atoms with van der Waals surface area (Å²) in [5, 5.41) is 9.19. The predicted molar refractivity (Wildman–Crippen MR) is 54.5 cm³/mol. The molecule has 0 amide bonds. The molecule has 1 aliphatic carbocycles. The second kappa shape index (κ2) is 3.84. The van der Waals surface area contributed by atoms with E-state index in [0.29, 0.717) is 5.57 Å². The number of carbonyl (C=O) groups excluding carboxylic acids is 1. The molecular weight excluding hydrogens is 212 g/mol. The molecule has 3 atom stereocenters. The lowest BCUT2D eigenvalue weighted by Crippen LogP contribution is -2.32. The third kappa shape index (κ3) is 1.98. The van der Waals surface area contributed by atoms with Crippen LogP contribution in [0.2, 0.25) is 0 Å². The number of aliphatic hydroxyl groups excluding tert-OH is 1. The van der Waals surface area contributed by atoms with Crippen molar-refractivity contribution in [3.8, 4) is 0 Å². The molecule has 0 spiro atoms. The summed E-state index contributed by atoms with van der Waals surface area (Å²) < 4.78 is 16.4. The SMILES string of the molecule is CC(=O)O[C@H]1C=C(CO)[C@H]2OC(C)(C)O[C@@H]12. The van der Waals surface area contributed by atoms with E-state index in [-0.39, 0.29) is 24.8 Å². The molecule has 1 heterocycles. The summed E-state index contributed by atoms with van der Waals surface area (Å²) >= 11 is 0. The van der Waals surface area contributed by atoms with Crippen molar-refractivity contribution in [2.75, 3.05) is 6.61 Å². The van der Waals surface area contributed by atoms with Crippen LogP contribution < -0.4 is 0 Å². The summed E-state index contributed by atoms with van der Waals surface area (Å²) in [5.74, 6) is -1.07. The van der Waals surface area contributed by atoms with Crippen LogP contribution in [0.25, 0.3) is 0 Å². The van der Waals surface area contributed by atoms with E-state index in [2.05, 4.69) is 0 Å². The molecule has 0 saturated carbocycles. The summed E-state index contributed by atoms with van der Waals surface area (Å²) in [5.41, 5.74) is 0.710. The first kappa shape index (κ1) is 11.6. The van der Waals surface area contributed by atoms with Crippen LogP contribution in [0.1, 0.15) is 20.8 Å². The molecule has 0 bridgehead atoms. The number of esters is 1. The molecule has 5 heteroatoms. The minimum atomic E-state index is -0.706. The van der Waals surface area contributed by atoms with Gasteiger partial charge in [-0.15, -0.1) is 0 Å². The largest absolute Gasteiger partial charge is 0.455 e. The van der Waals surface area contributed by atoms with Gasteiger partial charge in [0.15, 0.2) is 5.79 Å². The zero-order valence-electron chi connectivity index (χ0n) is 9.60. The molecule has 0 unspecified atom stereocenters. The zero-order chi connectivity index (χ0) is 11.9. The van der Waals surface area contributed by atoms with E-state index in [0.717, 1.165) is 0 Å². The van der Waals surface area contributed by atoms with Crippen molar-refractivity contribution in [3.63, 3.8) is 0 Å². The highest BCUT2D eigenvalue weighted by Crippen LogP contribution is 2.39. The van der Waals surface area contributed by atoms with Gasteiger partial charge < -0.3 is 19.3 Å². The quantitative estimate of drug-likeness (QED) is 0.546. The number of rotatable bonds is 2. The lowest BCUT2D eigenvalue weighted by Gasteiger charge is -2.20. The van der Waals surface area contributed by atoms with Crippen molar-refractivity contribution in [2.24, 2.45) is 0 Å². The van der Waals surface area contributed by atoms with Gasteiger partial charge in [-0.25, -0.2) is 0 Å². The predicted octanol–water partition coefficient (Wildman–Crippen LogP) is 0.371. The molecule has 2 rings (SSSR count). The van der Waals surface area contributed by atoms with E-state index in [4.69, 9.17) is 14.2 Å². The molecule has 0 aromatic heterocycles. The molecule has 1 saturated heterocycles. The number of fused-ring (bicyclic) bond motifs is 1. The standard InChI is InChI=1S/C11H16O5/c1-6(13)14-8-4-7(5-12)9-10(8)16-11(2,3)15-9/h4,8-10,12H,5H2,1-3H3/t8-,9+,10-/m0/s1. The van der Waals surface area contributed by atoms with E-state index in [1.54, 1.807) is 19.9 Å². The van der Waals surface area contributed by atoms with Crippen LogP contribution in [0.5, 0.6) is 0 Å². The Kier molecular flexibility index (Phi) is 2.77. The minimum absolute atomic E-state index is 0.113. The van der Waals surface area contributed by atoms with E-state index >= 15 is 0 Å². The number of carbonyl (C=O) groups is 1. The van der Waals surface area contributed by atoms with Crippen molar-refractivity contribution < 1.29 is 24.1 Å². The van der Waals surface area contributed by atoms with Gasteiger partial charge in [0.1, 0.15) is 18.3 Å². The van der Waals surface area contributed by atoms with Gasteiger partial charge in [0, 0.05) is 6.92 Å². The van der Waals surface area contributed by atoms with Crippen LogP contribution in [0.15, 0.2) is 11.6 Å². The van der Waals surface area contributed by atoms with Crippen molar-refractivity contribution in [2.45, 2.75) is 44.9 Å². The molecule has 0 radical (unpaired) electrons. The van der Waals surface area contributed by atoms with Crippen LogP contribution in [0.3, 0.4) is 0 Å². The maximum absolute atomic E-state index is 10.9. The van der Waals surface area contributed by atoms with Gasteiger partial charge in [0.25, 0.3) is 0 Å². The van der Waals surface area contributed by atoms with Gasteiger partial charge in [0.05, 0.1) is 6.61 Å². The second-order valence-corrected chi connectivity index (χ2v) is 4.49. The minimum Gasteiger partial charge on any atom is -0.455 e. The maximum atomic E-state index is 10.9. The van der Waals surface area contributed by atoms with Gasteiger partial charge in [0.2, 0.25) is 0 Å². The zero-order valence-corrected chi connectivity index (χ0v) is 9.60. The molecule has 2 aliphatic rings. The number of ether oxygens (including phenoxy) is 3. The molecule has 16 heavy (non-hydrogen) atoms. The van der Waals surface area contributed by atoms with Gasteiger partial charge >= 0.3 is 5.97 Å². The molecule has 0 aromatic carbocycles. The molecule has 1 N–H and O–H groups in total. The average Bonchev–Trinajstić information content (AvgIpc) is 2.60. The lowest BCUT2D eigenvalue weighted by molar-refractivity contribution is -0.166. The summed E-state index contributed by atoms with van der Waals surface area (Å²) in [6, 6.07) is 0. The molecule has 90 valence electrons. The first-order valence-electron chi connectivity index (χ1n) is 5.27. The van der Waals surface area contributed by atoms with Crippen molar-refractivity contribution >= 4 is 5.97 Å². The lowest BCUT2D eigenvalue weighted by atomic mass is 10.1. The highest BCUT2D eigenvalue weighted by molar-refractivity contribution is 5.66. The Morgan fingerprint density at radius 3 is 2.81 bits per heavy atom. The van der Waals surface area contributed by atoms with Crippen molar-refractivity contribution in [3.05, 3.63) is 11.6 Å². The third-order valence-electron chi connectivity index (χ3n) is 2.68. The highest BCUT2D eigenvalue weighted by atomic mass is 16.8. The normalized spacial score (nSPS) is 35.8. The molecule has 1 aliphatic heterocycles. The Morgan fingerprint density at radius 1 is 1.56 bits per heavy atom. The summed E-state index contributed by atoms with van der Waals surface area (Å²) in [4.78, 5) is 10.9. The number of aliphatic hydroxyl groups is 1. The first-order valence-corrected chi connectivity index (χ1v) is 5.27. The van der Waals surface area contributed by atoms with Crippen molar-refractivity contribution in [1.82, 2.24) is 0 Å². The molecule has 0 aromatic rings. The molecule has 1 fully saturated rings. The Labute approximate surface area is 94.0 Å². The second-order valence-electron chi connectivity index (χ2n) is 4.49. The smallest absolute Gasteiger partial charge is 0.303 e. The topological polar surface area (TPSA) is 65.0 Å². The van der Waals surface area contributed by atoms with E-state index < -0.39 is 11.9 Å². The van der Waals surface area contributed by atoms with Crippen LogP contribution in [0, 0.1) is 0 Å². The number of hydrogen-bond acceptors (Lipinski definition) is 5. The summed E-state index contributed by atoms with van der Waals surface area (Å²) in [6.07, 6.45) is 0.572. The Morgan fingerprint density at radius 2 is 2.25 bits per heavy atom. The first-order chi connectivity index (χ1) is 7.43. The van der Waals surface area contributed by atoms with Crippen LogP contribution in [0.4, 0.5) is 0 Å². The van der Waals surface area contributed by atoms with Gasteiger partial charge in [-0.2, -0.15) is 0 Å². The third-order valence-corrected chi connectivity index (χ3v) is 2.68. The van der Waals surface area contributed by atoms with Gasteiger partial charge in [-0.05, 0) is 25.5 Å². The van der Waals surface area contributed by atoms with Crippen LogP contribution in [-0.2, 0) is 19.0 Å². The summed E-state index contributed by atoms with van der Waals surface area (Å²) in [6.45, 7) is 4.83. The number of hydrogen-bond donors (Lipinski definition) is 1. The monoisotopic (exact) mass is 228 g/mol. The molecule has 5 nitrogen and oxygen atoms in total. The summed E-state index contributed by atoms with van der Waals surface area (Å²) in [7, 11) is 0. The van der Waals surface area contributed by atoms with Crippen molar-refractivity contribution in [1.29, 1.82) is 0 Å². The fraction of sp³-hybridized carbons (Fsp3) is 0.727. The van der Waals surface area contributed by atoms with Gasteiger partial charge in [-0.3, -0.25) is 4.79 Å². The van der Waals surface area contributed by atoms with Gasteiger partial charge in [-0.1, -0.05) is 0 Å². The molecular formula is C11H16O5. The fourth-order valence-corrected chi connectivity index (χ4v) is 2.15. The Bertz CT molecular complexity index is 333. The fourth-order valence-electron chi connectivity index (χ4n) is 2.15. The van der Waals surface area contributed by atoms with E-state index in [1.165, 1.54) is 6.92 Å². The maximum Gasteiger partial charge on any atom is 0.303 e. The van der Waals surface area contributed by atoms with Crippen LogP contribution >= 0.6 is 0 Å².